The third kappa shape index (κ3) is 3.54. The van der Waals surface area contributed by atoms with E-state index in [0.29, 0.717) is 16.4 Å². The Bertz CT molecular complexity index is 1050. The molecule has 0 spiro atoms. The lowest BCUT2D eigenvalue weighted by Crippen LogP contribution is -2.31. The predicted octanol–water partition coefficient (Wildman–Crippen LogP) is 2.94. The molecule has 0 saturated heterocycles. The zero-order valence-electron chi connectivity index (χ0n) is 13.2. The van der Waals surface area contributed by atoms with Crippen molar-refractivity contribution in [1.82, 2.24) is 9.55 Å². The maximum atomic E-state index is 12.1. The lowest BCUT2D eigenvalue weighted by molar-refractivity contribution is 0.430. The minimum atomic E-state index is -0.727. The number of aromatic amines is 1. The molecule has 0 aliphatic heterocycles. The predicted molar refractivity (Wildman–Crippen MR) is 97.8 cm³/mol. The molecule has 126 valence electrons. The molecule has 1 aromatic heterocycles. The largest absolute Gasteiger partial charge is 0.493 e. The van der Waals surface area contributed by atoms with Crippen molar-refractivity contribution in [3.05, 3.63) is 85.5 Å². The Morgan fingerprint density at radius 1 is 1.08 bits per heavy atom. The van der Waals surface area contributed by atoms with E-state index in [-0.39, 0.29) is 5.56 Å². The van der Waals surface area contributed by atoms with Crippen molar-refractivity contribution in [2.75, 3.05) is 0 Å². The molecule has 6 nitrogen and oxygen atoms in total. The molecule has 0 aliphatic carbocycles. The normalized spacial score (nSPS) is 11.1. The number of aryl methyl sites for hydroxylation is 1. The summed E-state index contributed by atoms with van der Waals surface area (Å²) in [6.07, 6.45) is 1.21. The summed E-state index contributed by atoms with van der Waals surface area (Å²) in [5, 5.41) is 11.0. The molecule has 7 heteroatoms. The quantitative estimate of drug-likeness (QED) is 0.708. The molecule has 2 aromatic carbocycles. The number of aromatic hydroxyl groups is 1. The summed E-state index contributed by atoms with van der Waals surface area (Å²) in [5.74, 6) is -0.477. The second-order valence-corrected chi connectivity index (χ2v) is 5.84. The van der Waals surface area contributed by atoms with Gasteiger partial charge in [0.05, 0.1) is 11.4 Å². The van der Waals surface area contributed by atoms with E-state index in [4.69, 9.17) is 11.6 Å². The van der Waals surface area contributed by atoms with Gasteiger partial charge in [0.25, 0.3) is 5.56 Å². The minimum absolute atomic E-state index is 0.116. The molecule has 0 aliphatic rings. The molecule has 0 atom stereocenters. The summed E-state index contributed by atoms with van der Waals surface area (Å²) in [5.41, 5.74) is 0.431. The number of rotatable bonds is 3. The highest BCUT2D eigenvalue weighted by Gasteiger charge is 2.14. The zero-order valence-corrected chi connectivity index (χ0v) is 14.0. The second kappa shape index (κ2) is 6.78. The third-order valence-electron chi connectivity index (χ3n) is 3.58. The fourth-order valence-corrected chi connectivity index (χ4v) is 2.38. The second-order valence-electron chi connectivity index (χ2n) is 5.40. The van der Waals surface area contributed by atoms with Crippen molar-refractivity contribution in [1.29, 1.82) is 0 Å². The molecule has 0 bridgehead atoms. The fraction of sp³-hybridized carbons (Fsp3) is 0.0556. The zero-order chi connectivity index (χ0) is 18.0. The van der Waals surface area contributed by atoms with Gasteiger partial charge in [-0.1, -0.05) is 29.3 Å². The SMILES string of the molecule is Cc1ccc(-n2c(O)c(C=Nc3ccc(Cl)cc3)c(=O)[nH]c2=O)cc1. The number of aliphatic imine (C=N–C) groups is 1. The first-order valence-electron chi connectivity index (χ1n) is 7.40. The fourth-order valence-electron chi connectivity index (χ4n) is 2.25. The van der Waals surface area contributed by atoms with Gasteiger partial charge in [0.2, 0.25) is 5.88 Å². The van der Waals surface area contributed by atoms with Crippen molar-refractivity contribution in [3.63, 3.8) is 0 Å². The number of aromatic nitrogens is 2. The van der Waals surface area contributed by atoms with E-state index >= 15 is 0 Å². The average Bonchev–Trinajstić information content (AvgIpc) is 2.57. The Balaban J connectivity index is 2.10. The average molecular weight is 356 g/mol. The molecule has 1 heterocycles. The molecule has 0 amide bonds. The summed E-state index contributed by atoms with van der Waals surface area (Å²) in [4.78, 5) is 30.5. The van der Waals surface area contributed by atoms with Crippen LogP contribution in [-0.2, 0) is 0 Å². The summed E-state index contributed by atoms with van der Waals surface area (Å²) in [6.45, 7) is 1.91. The van der Waals surface area contributed by atoms with Crippen LogP contribution in [0, 0.1) is 6.92 Å². The topological polar surface area (TPSA) is 87.4 Å². The lowest BCUT2D eigenvalue weighted by Gasteiger charge is -2.09. The number of hydrogen-bond acceptors (Lipinski definition) is 4. The molecule has 0 radical (unpaired) electrons. The number of benzene rings is 2. The molecule has 0 saturated carbocycles. The molecule has 25 heavy (non-hydrogen) atoms. The highest BCUT2D eigenvalue weighted by atomic mass is 35.5. The van der Waals surface area contributed by atoms with Crippen LogP contribution in [0.1, 0.15) is 11.1 Å². The minimum Gasteiger partial charge on any atom is -0.493 e. The van der Waals surface area contributed by atoms with Crippen LogP contribution in [0.2, 0.25) is 5.02 Å². The van der Waals surface area contributed by atoms with E-state index in [1.165, 1.54) is 6.21 Å². The highest BCUT2D eigenvalue weighted by Crippen LogP contribution is 2.18. The Kier molecular flexibility index (Phi) is 4.54. The van der Waals surface area contributed by atoms with E-state index in [2.05, 4.69) is 9.98 Å². The maximum Gasteiger partial charge on any atom is 0.335 e. The van der Waals surface area contributed by atoms with Crippen LogP contribution in [0.3, 0.4) is 0 Å². The first kappa shape index (κ1) is 16.7. The summed E-state index contributed by atoms with van der Waals surface area (Å²) in [6, 6.07) is 13.6. The van der Waals surface area contributed by atoms with Crippen LogP contribution in [0.4, 0.5) is 5.69 Å². The third-order valence-corrected chi connectivity index (χ3v) is 3.83. The Hall–Kier alpha value is -3.12. The van der Waals surface area contributed by atoms with E-state index in [1.807, 2.05) is 6.92 Å². The lowest BCUT2D eigenvalue weighted by atomic mass is 10.2. The Labute approximate surface area is 147 Å². The van der Waals surface area contributed by atoms with Crippen molar-refractivity contribution < 1.29 is 5.11 Å². The van der Waals surface area contributed by atoms with E-state index in [1.54, 1.807) is 48.5 Å². The number of halogens is 1. The van der Waals surface area contributed by atoms with Gasteiger partial charge in [-0.15, -0.1) is 0 Å². The van der Waals surface area contributed by atoms with Crippen molar-refractivity contribution >= 4 is 23.5 Å². The van der Waals surface area contributed by atoms with Gasteiger partial charge in [0, 0.05) is 11.2 Å². The summed E-state index contributed by atoms with van der Waals surface area (Å²) >= 11 is 5.81. The van der Waals surface area contributed by atoms with E-state index in [0.717, 1.165) is 10.1 Å². The van der Waals surface area contributed by atoms with Crippen LogP contribution in [0.25, 0.3) is 5.69 Å². The standard InChI is InChI=1S/C18H14ClN3O3/c1-11-2-8-14(9-3-11)22-17(24)15(16(23)21-18(22)25)10-20-13-6-4-12(19)5-7-13/h2-10,24H,1H3,(H,21,23,25). The summed E-state index contributed by atoms with van der Waals surface area (Å²) < 4.78 is 1.02. The van der Waals surface area contributed by atoms with E-state index < -0.39 is 17.1 Å². The smallest absolute Gasteiger partial charge is 0.335 e. The van der Waals surface area contributed by atoms with Crippen LogP contribution in [-0.4, -0.2) is 20.9 Å². The van der Waals surface area contributed by atoms with Gasteiger partial charge in [-0.3, -0.25) is 14.8 Å². The van der Waals surface area contributed by atoms with Gasteiger partial charge < -0.3 is 5.11 Å². The van der Waals surface area contributed by atoms with Gasteiger partial charge in [0.1, 0.15) is 5.56 Å². The molecule has 2 N–H and O–H groups in total. The monoisotopic (exact) mass is 355 g/mol. The van der Waals surface area contributed by atoms with Crippen LogP contribution in [0.5, 0.6) is 5.88 Å². The number of hydrogen-bond donors (Lipinski definition) is 2. The molecule has 3 rings (SSSR count). The molecule has 0 fully saturated rings. The van der Waals surface area contributed by atoms with Gasteiger partial charge in [-0.2, -0.15) is 0 Å². The molecular formula is C18H14ClN3O3. The van der Waals surface area contributed by atoms with Crippen molar-refractivity contribution in [2.24, 2.45) is 4.99 Å². The Morgan fingerprint density at radius 2 is 1.72 bits per heavy atom. The van der Waals surface area contributed by atoms with Gasteiger partial charge in [-0.25, -0.2) is 9.36 Å². The molecule has 0 unspecified atom stereocenters. The number of nitrogens with zero attached hydrogens (tertiary/aromatic N) is 2. The molecule has 3 aromatic rings. The number of nitrogens with one attached hydrogen (secondary N) is 1. The highest BCUT2D eigenvalue weighted by molar-refractivity contribution is 6.30. The first-order chi connectivity index (χ1) is 12.0. The van der Waals surface area contributed by atoms with Crippen LogP contribution >= 0.6 is 11.6 Å². The van der Waals surface area contributed by atoms with Gasteiger partial charge in [0.15, 0.2) is 0 Å². The maximum absolute atomic E-state index is 12.1. The first-order valence-corrected chi connectivity index (χ1v) is 7.78. The van der Waals surface area contributed by atoms with Crippen molar-refractivity contribution in [3.8, 4) is 11.6 Å². The van der Waals surface area contributed by atoms with Crippen LogP contribution in [0.15, 0.2) is 63.1 Å². The van der Waals surface area contributed by atoms with Crippen LogP contribution < -0.4 is 11.2 Å². The van der Waals surface area contributed by atoms with Crippen molar-refractivity contribution in [2.45, 2.75) is 6.92 Å². The van der Waals surface area contributed by atoms with Gasteiger partial charge >= 0.3 is 5.69 Å². The summed E-state index contributed by atoms with van der Waals surface area (Å²) in [7, 11) is 0. The molecular weight excluding hydrogens is 342 g/mol. The number of H-pyrrole nitrogens is 1. The van der Waals surface area contributed by atoms with E-state index in [9.17, 15) is 14.7 Å². The van der Waals surface area contributed by atoms with Gasteiger partial charge in [-0.05, 0) is 43.3 Å². The Morgan fingerprint density at radius 3 is 2.36 bits per heavy atom.